The zero-order valence-corrected chi connectivity index (χ0v) is 27.7. The van der Waals surface area contributed by atoms with Gasteiger partial charge < -0.3 is 10.2 Å². The minimum absolute atomic E-state index is 0.0600. The van der Waals surface area contributed by atoms with Crippen molar-refractivity contribution in [3.63, 3.8) is 0 Å². The molecule has 9 heteroatoms. The monoisotopic (exact) mass is 687 g/mol. The lowest BCUT2D eigenvalue weighted by Crippen LogP contribution is -2.54. The van der Waals surface area contributed by atoms with Gasteiger partial charge >= 0.3 is 0 Å². The Kier molecular flexibility index (Phi) is 10.7. The fourth-order valence-corrected chi connectivity index (χ4v) is 7.37. The number of anilines is 1. The summed E-state index contributed by atoms with van der Waals surface area (Å²) in [6, 6.07) is 31.5. The van der Waals surface area contributed by atoms with Crippen LogP contribution in [0.4, 0.5) is 5.69 Å². The molecule has 2 amide bonds. The minimum Gasteiger partial charge on any atom is -0.352 e. The summed E-state index contributed by atoms with van der Waals surface area (Å²) in [7, 11) is -4.13. The number of aryl methyl sites for hydroxylation is 1. The maximum absolute atomic E-state index is 14.5. The molecule has 4 aromatic carbocycles. The molecule has 0 spiro atoms. The second-order valence-corrected chi connectivity index (χ2v) is 14.3. The smallest absolute Gasteiger partial charge is 0.264 e. The van der Waals surface area contributed by atoms with Crippen LogP contribution in [0.15, 0.2) is 119 Å². The van der Waals surface area contributed by atoms with Gasteiger partial charge in [0.1, 0.15) is 12.6 Å². The Bertz CT molecular complexity index is 1680. The molecular weight excluding hydrogens is 650 g/mol. The predicted octanol–water partition coefficient (Wildman–Crippen LogP) is 6.65. The molecular formula is C36H38BrN3O4S. The molecule has 1 unspecified atom stereocenters. The van der Waals surface area contributed by atoms with Gasteiger partial charge in [0.25, 0.3) is 10.0 Å². The summed E-state index contributed by atoms with van der Waals surface area (Å²) in [6.07, 6.45) is 4.21. The maximum atomic E-state index is 14.5. The number of amides is 2. The van der Waals surface area contributed by atoms with Gasteiger partial charge in [-0.05, 0) is 67.3 Å². The number of nitrogens with zero attached hydrogens (tertiary/aromatic N) is 2. The van der Waals surface area contributed by atoms with Crippen molar-refractivity contribution >= 4 is 43.5 Å². The van der Waals surface area contributed by atoms with Gasteiger partial charge in [-0.3, -0.25) is 13.9 Å². The zero-order chi connectivity index (χ0) is 31.8. The average molecular weight is 689 g/mol. The number of hydrogen-bond donors (Lipinski definition) is 1. The lowest BCUT2D eigenvalue weighted by atomic mass is 10.0. The van der Waals surface area contributed by atoms with Crippen LogP contribution in [0.2, 0.25) is 0 Å². The van der Waals surface area contributed by atoms with Gasteiger partial charge in [0.15, 0.2) is 0 Å². The Morgan fingerprint density at radius 1 is 0.822 bits per heavy atom. The number of hydrogen-bond acceptors (Lipinski definition) is 4. The van der Waals surface area contributed by atoms with Crippen LogP contribution in [-0.4, -0.2) is 43.8 Å². The van der Waals surface area contributed by atoms with Gasteiger partial charge in [0.2, 0.25) is 11.8 Å². The van der Waals surface area contributed by atoms with Gasteiger partial charge in [-0.25, -0.2) is 8.42 Å². The highest BCUT2D eigenvalue weighted by Crippen LogP contribution is 2.27. The normalized spacial score (nSPS) is 14.1. The molecule has 4 aromatic rings. The first-order valence-corrected chi connectivity index (χ1v) is 17.5. The van der Waals surface area contributed by atoms with E-state index in [-0.39, 0.29) is 23.4 Å². The highest BCUT2D eigenvalue weighted by molar-refractivity contribution is 9.10. The molecule has 7 nitrogen and oxygen atoms in total. The SMILES string of the molecule is Cc1ccc(CN(C(=O)CN(c2ccc(Br)cc2)S(=O)(=O)c2ccccc2)C(Cc2ccccc2)C(=O)NC2CCCC2)cc1. The Hall–Kier alpha value is -3.95. The maximum Gasteiger partial charge on any atom is 0.264 e. The summed E-state index contributed by atoms with van der Waals surface area (Å²) in [6.45, 7) is 1.66. The molecule has 1 fully saturated rings. The fraction of sp³-hybridized carbons (Fsp3) is 0.278. The van der Waals surface area contributed by atoms with E-state index in [2.05, 4.69) is 21.2 Å². The van der Waals surface area contributed by atoms with Gasteiger partial charge in [0.05, 0.1) is 10.6 Å². The lowest BCUT2D eigenvalue weighted by molar-refractivity contribution is -0.140. The largest absolute Gasteiger partial charge is 0.352 e. The van der Waals surface area contributed by atoms with Crippen LogP contribution in [0.5, 0.6) is 0 Å². The van der Waals surface area contributed by atoms with Crippen LogP contribution in [0.25, 0.3) is 0 Å². The molecule has 0 aliphatic heterocycles. The van der Waals surface area contributed by atoms with Crippen LogP contribution < -0.4 is 9.62 Å². The van der Waals surface area contributed by atoms with Crippen molar-refractivity contribution in [3.8, 4) is 0 Å². The van der Waals surface area contributed by atoms with Crippen molar-refractivity contribution in [2.24, 2.45) is 0 Å². The molecule has 1 aliphatic carbocycles. The molecule has 1 saturated carbocycles. The van der Waals surface area contributed by atoms with Crippen LogP contribution in [0.1, 0.15) is 42.4 Å². The van der Waals surface area contributed by atoms with Gasteiger partial charge in [0, 0.05) is 23.5 Å². The number of rotatable bonds is 12. The Balaban J connectivity index is 1.55. The molecule has 1 N–H and O–H groups in total. The Labute approximate surface area is 274 Å². The molecule has 0 bridgehead atoms. The van der Waals surface area contributed by atoms with E-state index in [0.717, 1.165) is 51.2 Å². The summed E-state index contributed by atoms with van der Waals surface area (Å²) in [5.74, 6) is -0.701. The van der Waals surface area contributed by atoms with E-state index < -0.39 is 28.5 Å². The molecule has 234 valence electrons. The molecule has 0 aromatic heterocycles. The first kappa shape index (κ1) is 32.4. The van der Waals surface area contributed by atoms with Gasteiger partial charge in [-0.2, -0.15) is 0 Å². The number of carbonyl (C=O) groups is 2. The van der Waals surface area contributed by atoms with Gasteiger partial charge in [-0.1, -0.05) is 107 Å². The molecule has 5 rings (SSSR count). The second-order valence-electron chi connectivity index (χ2n) is 11.5. The molecule has 0 heterocycles. The van der Waals surface area contributed by atoms with E-state index in [1.165, 1.54) is 12.1 Å². The summed E-state index contributed by atoms with van der Waals surface area (Å²) >= 11 is 3.42. The standard InChI is InChI=1S/C36H38BrN3O4S/c1-27-16-18-29(19-17-27)25-39(34(24-28-10-4-2-5-11-28)36(42)38-31-12-8-9-13-31)35(41)26-40(32-22-20-30(37)21-23-32)45(43,44)33-14-6-3-7-15-33/h2-7,10-11,14-23,31,34H,8-9,12-13,24-26H2,1H3,(H,38,42). The van der Waals surface area contributed by atoms with E-state index in [9.17, 15) is 18.0 Å². The Morgan fingerprint density at radius 3 is 2.04 bits per heavy atom. The third-order valence-corrected chi connectivity index (χ3v) is 10.5. The first-order chi connectivity index (χ1) is 21.7. The highest BCUT2D eigenvalue weighted by Gasteiger charge is 2.35. The van der Waals surface area contributed by atoms with Crippen molar-refractivity contribution in [2.75, 3.05) is 10.8 Å². The third-order valence-electron chi connectivity index (χ3n) is 8.17. The second kappa shape index (κ2) is 14.9. The number of halogens is 1. The quantitative estimate of drug-likeness (QED) is 0.181. The molecule has 0 radical (unpaired) electrons. The van der Waals surface area contributed by atoms with Crippen molar-refractivity contribution in [2.45, 2.75) is 62.6 Å². The topological polar surface area (TPSA) is 86.8 Å². The van der Waals surface area contributed by atoms with E-state index in [1.54, 1.807) is 47.4 Å². The highest BCUT2D eigenvalue weighted by atomic mass is 79.9. The molecule has 1 aliphatic rings. The number of nitrogens with one attached hydrogen (secondary N) is 1. The molecule has 0 saturated heterocycles. The third kappa shape index (κ3) is 8.41. The van der Waals surface area contributed by atoms with Gasteiger partial charge in [-0.15, -0.1) is 0 Å². The summed E-state index contributed by atoms with van der Waals surface area (Å²) in [5, 5.41) is 3.21. The summed E-state index contributed by atoms with van der Waals surface area (Å²) in [4.78, 5) is 30.2. The van der Waals surface area contributed by atoms with Crippen LogP contribution in [0.3, 0.4) is 0 Å². The predicted molar refractivity (Wildman–Crippen MR) is 181 cm³/mol. The van der Waals surface area contributed by atoms with Crippen LogP contribution in [0, 0.1) is 6.92 Å². The van der Waals surface area contributed by atoms with Crippen LogP contribution >= 0.6 is 15.9 Å². The zero-order valence-electron chi connectivity index (χ0n) is 25.3. The lowest BCUT2D eigenvalue weighted by Gasteiger charge is -2.34. The average Bonchev–Trinajstić information content (AvgIpc) is 3.57. The number of carbonyl (C=O) groups excluding carboxylic acids is 2. The fourth-order valence-electron chi connectivity index (χ4n) is 5.67. The van der Waals surface area contributed by atoms with E-state index >= 15 is 0 Å². The molecule has 1 atom stereocenters. The summed E-state index contributed by atoms with van der Waals surface area (Å²) in [5.41, 5.74) is 3.18. The minimum atomic E-state index is -4.13. The van der Waals surface area contributed by atoms with E-state index in [0.29, 0.717) is 12.1 Å². The van der Waals surface area contributed by atoms with Crippen LogP contribution in [-0.2, 0) is 32.6 Å². The first-order valence-electron chi connectivity index (χ1n) is 15.2. The van der Waals surface area contributed by atoms with Crippen molar-refractivity contribution in [1.29, 1.82) is 0 Å². The van der Waals surface area contributed by atoms with Crippen molar-refractivity contribution in [1.82, 2.24) is 10.2 Å². The van der Waals surface area contributed by atoms with Crippen molar-refractivity contribution in [3.05, 3.63) is 130 Å². The number of benzene rings is 4. The summed E-state index contributed by atoms with van der Waals surface area (Å²) < 4.78 is 30.0. The van der Waals surface area contributed by atoms with Crippen molar-refractivity contribution < 1.29 is 18.0 Å². The van der Waals surface area contributed by atoms with E-state index in [4.69, 9.17) is 0 Å². The number of sulfonamides is 1. The Morgan fingerprint density at radius 2 is 1.42 bits per heavy atom. The molecule has 45 heavy (non-hydrogen) atoms. The van der Waals surface area contributed by atoms with E-state index in [1.807, 2.05) is 61.5 Å².